The van der Waals surface area contributed by atoms with Gasteiger partial charge in [-0.1, -0.05) is 64.8 Å². The molecule has 2 aromatic rings. The lowest BCUT2D eigenvalue weighted by Crippen LogP contribution is -2.07. The molecule has 1 unspecified atom stereocenters. The van der Waals surface area contributed by atoms with Crippen molar-refractivity contribution in [1.82, 2.24) is 0 Å². The minimum atomic E-state index is 0.224. The first-order chi connectivity index (χ1) is 8.80. The van der Waals surface area contributed by atoms with Gasteiger partial charge in [0, 0.05) is 14.2 Å². The van der Waals surface area contributed by atoms with Crippen molar-refractivity contribution in [1.29, 1.82) is 0 Å². The zero-order chi connectivity index (χ0) is 14.2. The van der Waals surface area contributed by atoms with Crippen LogP contribution in [0.15, 0.2) is 34.8 Å². The molecule has 0 aliphatic carbocycles. The summed E-state index contributed by atoms with van der Waals surface area (Å²) in [5.74, 6) is 0. The molecule has 0 bridgehead atoms. The van der Waals surface area contributed by atoms with E-state index >= 15 is 0 Å². The summed E-state index contributed by atoms with van der Waals surface area (Å²) in [5, 5.41) is 0. The molecule has 19 heavy (non-hydrogen) atoms. The Hall–Kier alpha value is -0.120. The number of thiophene rings is 1. The van der Waals surface area contributed by atoms with E-state index in [-0.39, 0.29) is 10.2 Å². The summed E-state index contributed by atoms with van der Waals surface area (Å²) >= 11 is 9.35. The zero-order valence-electron chi connectivity index (χ0n) is 11.6. The molecule has 102 valence electrons. The van der Waals surface area contributed by atoms with Crippen LogP contribution >= 0.6 is 43.2 Å². The maximum absolute atomic E-state index is 3.85. The van der Waals surface area contributed by atoms with Crippen molar-refractivity contribution in [2.24, 2.45) is 0 Å². The van der Waals surface area contributed by atoms with Gasteiger partial charge < -0.3 is 0 Å². The van der Waals surface area contributed by atoms with Gasteiger partial charge in [-0.3, -0.25) is 0 Å². The SMILES string of the molecule is Cc1c(Br)cccc1C(Br)c1ccc(C(C)(C)C)s1. The molecule has 0 radical (unpaired) electrons. The number of halogens is 2. The number of alkyl halides is 1. The average Bonchev–Trinajstić information content (AvgIpc) is 2.81. The predicted octanol–water partition coefficient (Wildman–Crippen LogP) is 6.60. The summed E-state index contributed by atoms with van der Waals surface area (Å²) in [6.45, 7) is 8.94. The second kappa shape index (κ2) is 5.71. The monoisotopic (exact) mass is 400 g/mol. The van der Waals surface area contributed by atoms with Crippen LogP contribution in [0, 0.1) is 6.92 Å². The van der Waals surface area contributed by atoms with Gasteiger partial charge in [-0.05, 0) is 41.7 Å². The van der Waals surface area contributed by atoms with Gasteiger partial charge in [0.15, 0.2) is 0 Å². The molecule has 1 heterocycles. The lowest BCUT2D eigenvalue weighted by molar-refractivity contribution is 0.604. The molecule has 1 aromatic carbocycles. The minimum Gasteiger partial charge on any atom is -0.143 e. The van der Waals surface area contributed by atoms with Crippen molar-refractivity contribution in [2.75, 3.05) is 0 Å². The van der Waals surface area contributed by atoms with E-state index in [1.807, 2.05) is 11.3 Å². The molecule has 0 aliphatic heterocycles. The zero-order valence-corrected chi connectivity index (χ0v) is 15.6. The molecule has 2 rings (SSSR count). The summed E-state index contributed by atoms with van der Waals surface area (Å²) in [7, 11) is 0. The Balaban J connectivity index is 2.37. The molecular weight excluding hydrogens is 384 g/mol. The normalized spacial score (nSPS) is 13.6. The highest BCUT2D eigenvalue weighted by Crippen LogP contribution is 2.40. The van der Waals surface area contributed by atoms with Crippen LogP contribution in [0.1, 0.15) is 46.5 Å². The van der Waals surface area contributed by atoms with Crippen LogP contribution in [0.2, 0.25) is 0 Å². The maximum Gasteiger partial charge on any atom is 0.0741 e. The quantitative estimate of drug-likeness (QED) is 0.497. The highest BCUT2D eigenvalue weighted by Gasteiger charge is 2.20. The Labute approximate surface area is 136 Å². The molecule has 1 aromatic heterocycles. The van der Waals surface area contributed by atoms with E-state index in [1.165, 1.54) is 25.4 Å². The number of benzene rings is 1. The second-order valence-corrected chi connectivity index (χ2v) is 8.65. The first-order valence-corrected chi connectivity index (χ1v) is 8.82. The molecule has 0 saturated heterocycles. The average molecular weight is 402 g/mol. The van der Waals surface area contributed by atoms with Crippen LogP contribution in [0.3, 0.4) is 0 Å². The Bertz CT molecular complexity index is 579. The van der Waals surface area contributed by atoms with E-state index in [4.69, 9.17) is 0 Å². The van der Waals surface area contributed by atoms with Gasteiger partial charge in [-0.2, -0.15) is 0 Å². The highest BCUT2D eigenvalue weighted by molar-refractivity contribution is 9.10. The predicted molar refractivity (Wildman–Crippen MR) is 92.7 cm³/mol. The largest absolute Gasteiger partial charge is 0.143 e. The van der Waals surface area contributed by atoms with E-state index in [9.17, 15) is 0 Å². The first-order valence-electron chi connectivity index (χ1n) is 6.30. The lowest BCUT2D eigenvalue weighted by Gasteiger charge is -2.16. The van der Waals surface area contributed by atoms with Crippen LogP contribution in [0.4, 0.5) is 0 Å². The Morgan fingerprint density at radius 2 is 1.79 bits per heavy atom. The Kier molecular flexibility index (Phi) is 4.59. The van der Waals surface area contributed by atoms with Crippen LogP contribution in [-0.4, -0.2) is 0 Å². The summed E-state index contributed by atoms with van der Waals surface area (Å²) in [5.41, 5.74) is 2.86. The van der Waals surface area contributed by atoms with Crippen molar-refractivity contribution >= 4 is 43.2 Å². The van der Waals surface area contributed by atoms with Crippen molar-refractivity contribution in [3.05, 3.63) is 55.7 Å². The fourth-order valence-corrected chi connectivity index (χ4v) is 4.32. The highest BCUT2D eigenvalue weighted by atomic mass is 79.9. The number of rotatable bonds is 2. The molecule has 3 heteroatoms. The summed E-state index contributed by atoms with van der Waals surface area (Å²) in [6.07, 6.45) is 0. The summed E-state index contributed by atoms with van der Waals surface area (Å²) < 4.78 is 1.17. The van der Waals surface area contributed by atoms with Gasteiger partial charge >= 0.3 is 0 Å². The second-order valence-electron chi connectivity index (χ2n) is 5.77. The molecule has 0 nitrogen and oxygen atoms in total. The molecule has 1 atom stereocenters. The fourth-order valence-electron chi connectivity index (χ4n) is 1.94. The topological polar surface area (TPSA) is 0 Å². The summed E-state index contributed by atoms with van der Waals surface area (Å²) in [4.78, 5) is 3.07. The van der Waals surface area contributed by atoms with E-state index in [0.29, 0.717) is 0 Å². The number of hydrogen-bond donors (Lipinski definition) is 0. The van der Waals surface area contributed by atoms with Gasteiger partial charge in [-0.25, -0.2) is 0 Å². The third-order valence-electron chi connectivity index (χ3n) is 3.20. The van der Waals surface area contributed by atoms with Crippen LogP contribution < -0.4 is 0 Å². The van der Waals surface area contributed by atoms with E-state index in [0.717, 1.165) is 0 Å². The smallest absolute Gasteiger partial charge is 0.0741 e. The van der Waals surface area contributed by atoms with Gasteiger partial charge in [-0.15, -0.1) is 11.3 Å². The van der Waals surface area contributed by atoms with Crippen LogP contribution in [0.5, 0.6) is 0 Å². The number of hydrogen-bond acceptors (Lipinski definition) is 1. The molecule has 0 aliphatic rings. The molecular formula is C16H18Br2S. The minimum absolute atomic E-state index is 0.224. The Morgan fingerprint density at radius 1 is 1.11 bits per heavy atom. The van der Waals surface area contributed by atoms with Crippen molar-refractivity contribution in [3.63, 3.8) is 0 Å². The van der Waals surface area contributed by atoms with Crippen LogP contribution in [0.25, 0.3) is 0 Å². The Morgan fingerprint density at radius 3 is 2.37 bits per heavy atom. The molecule has 0 N–H and O–H groups in total. The van der Waals surface area contributed by atoms with Gasteiger partial charge in [0.1, 0.15) is 0 Å². The third kappa shape index (κ3) is 3.32. The third-order valence-corrected chi connectivity index (χ3v) is 6.92. The standard InChI is InChI=1S/C16H18Br2S/c1-10-11(6-5-7-12(10)17)15(18)13-8-9-14(19-13)16(2,3)4/h5-9,15H,1-4H3. The molecule has 0 fully saturated rings. The van der Waals surface area contributed by atoms with Gasteiger partial charge in [0.2, 0.25) is 0 Å². The lowest BCUT2D eigenvalue weighted by atomic mass is 9.95. The van der Waals surface area contributed by atoms with E-state index in [2.05, 4.69) is 89.9 Å². The molecule has 0 saturated carbocycles. The van der Waals surface area contributed by atoms with E-state index in [1.54, 1.807) is 0 Å². The molecule has 0 amide bonds. The molecule has 0 spiro atoms. The fraction of sp³-hybridized carbons (Fsp3) is 0.375. The summed E-state index contributed by atoms with van der Waals surface area (Å²) in [6, 6.07) is 10.9. The first kappa shape index (κ1) is 15.3. The van der Waals surface area contributed by atoms with Crippen molar-refractivity contribution in [3.8, 4) is 0 Å². The van der Waals surface area contributed by atoms with Gasteiger partial charge in [0.25, 0.3) is 0 Å². The maximum atomic E-state index is 3.85. The van der Waals surface area contributed by atoms with Crippen LogP contribution in [-0.2, 0) is 5.41 Å². The van der Waals surface area contributed by atoms with Crippen molar-refractivity contribution in [2.45, 2.75) is 37.9 Å². The van der Waals surface area contributed by atoms with Crippen molar-refractivity contribution < 1.29 is 0 Å². The van der Waals surface area contributed by atoms with Gasteiger partial charge in [0.05, 0.1) is 4.83 Å². The van der Waals surface area contributed by atoms with E-state index < -0.39 is 0 Å².